The van der Waals surface area contributed by atoms with Gasteiger partial charge < -0.3 is 15.4 Å². The average molecular weight is 253 g/mol. The number of aromatic nitrogens is 3. The summed E-state index contributed by atoms with van der Waals surface area (Å²) in [5, 5.41) is 0. The lowest BCUT2D eigenvalue weighted by Gasteiger charge is -2.20. The van der Waals surface area contributed by atoms with Crippen LogP contribution in [0.5, 0.6) is 6.01 Å². The molecule has 102 valence electrons. The normalized spacial score (nSPS) is 12.6. The van der Waals surface area contributed by atoms with Gasteiger partial charge in [-0.3, -0.25) is 0 Å². The fourth-order valence-electron chi connectivity index (χ4n) is 1.36. The van der Waals surface area contributed by atoms with Crippen molar-refractivity contribution in [1.82, 2.24) is 15.0 Å². The molecule has 0 fully saturated rings. The van der Waals surface area contributed by atoms with Gasteiger partial charge in [0, 0.05) is 13.1 Å². The highest BCUT2D eigenvalue weighted by Crippen LogP contribution is 2.16. The van der Waals surface area contributed by atoms with E-state index >= 15 is 0 Å². The van der Waals surface area contributed by atoms with Gasteiger partial charge in [0.1, 0.15) is 6.10 Å². The number of nitrogens with zero attached hydrogens (tertiary/aromatic N) is 4. The minimum atomic E-state index is 0.0383. The molecule has 1 unspecified atom stereocenters. The molecule has 6 heteroatoms. The highest BCUT2D eigenvalue weighted by molar-refractivity contribution is 5.35. The third-order valence-electron chi connectivity index (χ3n) is 2.90. The summed E-state index contributed by atoms with van der Waals surface area (Å²) >= 11 is 0. The monoisotopic (exact) mass is 253 g/mol. The van der Waals surface area contributed by atoms with Gasteiger partial charge in [-0.25, -0.2) is 0 Å². The molecule has 0 spiro atoms. The second-order valence-electron chi connectivity index (χ2n) is 4.52. The standard InChI is InChI=1S/C12H23N5O/c1-6-17(7-2)11-14-10(13)15-12(16-11)18-9(5)8(3)4/h8-9H,6-7H2,1-5H3,(H2,13,14,15,16). The molecule has 18 heavy (non-hydrogen) atoms. The summed E-state index contributed by atoms with van der Waals surface area (Å²) in [6.07, 6.45) is 0.0383. The van der Waals surface area contributed by atoms with Crippen LogP contribution in [0.15, 0.2) is 0 Å². The topological polar surface area (TPSA) is 77.2 Å². The molecule has 1 rings (SSSR count). The fraction of sp³-hybridized carbons (Fsp3) is 0.750. The Balaban J connectivity index is 2.93. The van der Waals surface area contributed by atoms with Crippen LogP contribution in [0.25, 0.3) is 0 Å². The van der Waals surface area contributed by atoms with Crippen LogP contribution in [0.3, 0.4) is 0 Å². The van der Waals surface area contributed by atoms with E-state index in [2.05, 4.69) is 28.8 Å². The maximum Gasteiger partial charge on any atom is 0.323 e. The Morgan fingerprint density at radius 2 is 1.72 bits per heavy atom. The van der Waals surface area contributed by atoms with Crippen molar-refractivity contribution in [3.05, 3.63) is 0 Å². The highest BCUT2D eigenvalue weighted by Gasteiger charge is 2.14. The van der Waals surface area contributed by atoms with Gasteiger partial charge in [-0.15, -0.1) is 0 Å². The molecule has 0 aliphatic rings. The average Bonchev–Trinajstić information content (AvgIpc) is 2.29. The molecular formula is C12H23N5O. The van der Waals surface area contributed by atoms with Crippen LogP contribution in [-0.4, -0.2) is 34.1 Å². The molecule has 2 N–H and O–H groups in total. The number of anilines is 2. The summed E-state index contributed by atoms with van der Waals surface area (Å²) in [5.41, 5.74) is 5.69. The lowest BCUT2D eigenvalue weighted by molar-refractivity contribution is 0.156. The first-order valence-corrected chi connectivity index (χ1v) is 6.41. The third-order valence-corrected chi connectivity index (χ3v) is 2.90. The lowest BCUT2D eigenvalue weighted by atomic mass is 10.1. The van der Waals surface area contributed by atoms with Gasteiger partial charge in [0.2, 0.25) is 11.9 Å². The molecule has 0 aliphatic heterocycles. The number of ether oxygens (including phenoxy) is 1. The van der Waals surface area contributed by atoms with Gasteiger partial charge in [0.25, 0.3) is 0 Å². The van der Waals surface area contributed by atoms with Crippen LogP contribution in [0.4, 0.5) is 11.9 Å². The van der Waals surface area contributed by atoms with Crippen molar-refractivity contribution >= 4 is 11.9 Å². The molecule has 1 aromatic heterocycles. The summed E-state index contributed by atoms with van der Waals surface area (Å²) in [6.45, 7) is 11.9. The van der Waals surface area contributed by atoms with Crippen molar-refractivity contribution in [3.8, 4) is 6.01 Å². The van der Waals surface area contributed by atoms with Crippen LogP contribution in [0.2, 0.25) is 0 Å². The molecule has 0 saturated carbocycles. The van der Waals surface area contributed by atoms with Crippen molar-refractivity contribution in [2.75, 3.05) is 23.7 Å². The van der Waals surface area contributed by atoms with Crippen LogP contribution < -0.4 is 15.4 Å². The quantitative estimate of drug-likeness (QED) is 0.831. The maximum atomic E-state index is 5.69. The number of hydrogen-bond acceptors (Lipinski definition) is 6. The number of nitrogen functional groups attached to an aromatic ring is 1. The van der Waals surface area contributed by atoms with Gasteiger partial charge in [-0.05, 0) is 26.7 Å². The van der Waals surface area contributed by atoms with Crippen molar-refractivity contribution < 1.29 is 4.74 Å². The minimum Gasteiger partial charge on any atom is -0.460 e. The third kappa shape index (κ3) is 3.72. The zero-order valence-electron chi connectivity index (χ0n) is 11.8. The number of rotatable bonds is 6. The van der Waals surface area contributed by atoms with Crippen LogP contribution >= 0.6 is 0 Å². The zero-order valence-corrected chi connectivity index (χ0v) is 11.8. The lowest BCUT2D eigenvalue weighted by Crippen LogP contribution is -2.26. The maximum absolute atomic E-state index is 5.69. The van der Waals surface area contributed by atoms with Crippen LogP contribution in [-0.2, 0) is 0 Å². The first-order valence-electron chi connectivity index (χ1n) is 6.41. The zero-order chi connectivity index (χ0) is 13.7. The molecule has 0 aromatic carbocycles. The van der Waals surface area contributed by atoms with Crippen molar-refractivity contribution in [1.29, 1.82) is 0 Å². The van der Waals surface area contributed by atoms with E-state index in [-0.39, 0.29) is 12.1 Å². The van der Waals surface area contributed by atoms with Gasteiger partial charge in [0.05, 0.1) is 0 Å². The molecule has 0 aliphatic carbocycles. The Kier molecular flexibility index (Phi) is 5.12. The molecular weight excluding hydrogens is 230 g/mol. The summed E-state index contributed by atoms with van der Waals surface area (Å²) < 4.78 is 5.67. The van der Waals surface area contributed by atoms with E-state index in [0.29, 0.717) is 17.9 Å². The van der Waals surface area contributed by atoms with Crippen molar-refractivity contribution in [3.63, 3.8) is 0 Å². The van der Waals surface area contributed by atoms with E-state index in [0.717, 1.165) is 13.1 Å². The Bertz CT molecular complexity index is 379. The highest BCUT2D eigenvalue weighted by atomic mass is 16.5. The molecule has 1 heterocycles. The Hall–Kier alpha value is -1.59. The van der Waals surface area contributed by atoms with Crippen LogP contribution in [0, 0.1) is 5.92 Å². The first-order chi connectivity index (χ1) is 8.47. The first kappa shape index (κ1) is 14.5. The Morgan fingerprint density at radius 3 is 2.22 bits per heavy atom. The predicted molar refractivity (Wildman–Crippen MR) is 72.7 cm³/mol. The predicted octanol–water partition coefficient (Wildman–Crippen LogP) is 1.72. The minimum absolute atomic E-state index is 0.0383. The molecule has 6 nitrogen and oxygen atoms in total. The summed E-state index contributed by atoms with van der Waals surface area (Å²) in [5.74, 6) is 1.15. The second-order valence-corrected chi connectivity index (χ2v) is 4.52. The Labute approximate surface area is 109 Å². The van der Waals surface area contributed by atoms with E-state index in [1.807, 2.05) is 25.7 Å². The van der Waals surface area contributed by atoms with E-state index in [1.54, 1.807) is 0 Å². The van der Waals surface area contributed by atoms with Gasteiger partial charge in [0.15, 0.2) is 0 Å². The summed E-state index contributed by atoms with van der Waals surface area (Å²) in [4.78, 5) is 14.4. The SMILES string of the molecule is CCN(CC)c1nc(N)nc(OC(C)C(C)C)n1. The van der Waals surface area contributed by atoms with E-state index in [4.69, 9.17) is 10.5 Å². The molecule has 1 atom stereocenters. The van der Waals surface area contributed by atoms with Gasteiger partial charge in [-0.2, -0.15) is 15.0 Å². The fourth-order valence-corrected chi connectivity index (χ4v) is 1.36. The molecule has 0 saturated heterocycles. The number of hydrogen-bond donors (Lipinski definition) is 1. The molecule has 0 radical (unpaired) electrons. The van der Waals surface area contributed by atoms with E-state index < -0.39 is 0 Å². The van der Waals surface area contributed by atoms with Crippen molar-refractivity contribution in [2.45, 2.75) is 40.7 Å². The smallest absolute Gasteiger partial charge is 0.323 e. The number of nitrogens with two attached hydrogens (primary N) is 1. The molecule has 0 amide bonds. The summed E-state index contributed by atoms with van der Waals surface area (Å²) in [6, 6.07) is 0.297. The van der Waals surface area contributed by atoms with Crippen molar-refractivity contribution in [2.24, 2.45) is 5.92 Å². The van der Waals surface area contributed by atoms with E-state index in [1.165, 1.54) is 0 Å². The summed E-state index contributed by atoms with van der Waals surface area (Å²) in [7, 11) is 0. The van der Waals surface area contributed by atoms with Gasteiger partial charge in [-0.1, -0.05) is 13.8 Å². The molecule has 0 bridgehead atoms. The molecule has 1 aromatic rings. The largest absolute Gasteiger partial charge is 0.460 e. The van der Waals surface area contributed by atoms with Crippen LogP contribution in [0.1, 0.15) is 34.6 Å². The second kappa shape index (κ2) is 6.37. The Morgan fingerprint density at radius 1 is 1.11 bits per heavy atom. The van der Waals surface area contributed by atoms with E-state index in [9.17, 15) is 0 Å². The van der Waals surface area contributed by atoms with Gasteiger partial charge >= 0.3 is 6.01 Å².